The van der Waals surface area contributed by atoms with Gasteiger partial charge in [-0.3, -0.25) is 10.2 Å². The van der Waals surface area contributed by atoms with Gasteiger partial charge < -0.3 is 4.74 Å². The molecule has 0 aromatic heterocycles. The number of hydrazine groups is 1. The second kappa shape index (κ2) is 2.98. The molecule has 0 unspecified atom stereocenters. The van der Waals surface area contributed by atoms with Gasteiger partial charge in [0, 0.05) is 6.61 Å². The number of hydrogen-bond donors (Lipinski definition) is 2. The van der Waals surface area contributed by atoms with Crippen LogP contribution in [0.2, 0.25) is 0 Å². The third-order valence-corrected chi connectivity index (χ3v) is 1.59. The Labute approximate surface area is 59.7 Å². The van der Waals surface area contributed by atoms with Crippen molar-refractivity contribution < 1.29 is 9.53 Å². The van der Waals surface area contributed by atoms with E-state index in [4.69, 9.17) is 10.6 Å². The number of hydrogen-bond acceptors (Lipinski definition) is 3. The Hall–Kier alpha value is -0.610. The lowest BCUT2D eigenvalue weighted by Gasteiger charge is -1.97. The van der Waals surface area contributed by atoms with Gasteiger partial charge >= 0.3 is 0 Å². The first-order chi connectivity index (χ1) is 4.79. The van der Waals surface area contributed by atoms with Gasteiger partial charge in [-0.25, -0.2) is 5.84 Å². The summed E-state index contributed by atoms with van der Waals surface area (Å²) < 4.78 is 5.17. The van der Waals surface area contributed by atoms with Crippen LogP contribution in [-0.2, 0) is 9.53 Å². The number of amides is 1. The molecule has 0 radical (unpaired) electrons. The van der Waals surface area contributed by atoms with Crippen LogP contribution in [0.5, 0.6) is 0 Å². The van der Waals surface area contributed by atoms with Crippen LogP contribution in [0, 0.1) is 5.92 Å². The monoisotopic (exact) mass is 144 g/mol. The summed E-state index contributed by atoms with van der Waals surface area (Å²) in [6.45, 7) is 2.58. The minimum absolute atomic E-state index is 0.00458. The number of rotatable bonds is 3. The number of carbonyl (C=O) groups is 1. The van der Waals surface area contributed by atoms with Crippen molar-refractivity contribution in [1.29, 1.82) is 0 Å². The van der Waals surface area contributed by atoms with Gasteiger partial charge in [0.15, 0.2) is 0 Å². The Bertz CT molecular complexity index is 138. The van der Waals surface area contributed by atoms with Gasteiger partial charge in [0.1, 0.15) is 0 Å². The fourth-order valence-electron chi connectivity index (χ4n) is 0.953. The van der Waals surface area contributed by atoms with E-state index in [1.54, 1.807) is 0 Å². The van der Waals surface area contributed by atoms with E-state index >= 15 is 0 Å². The third kappa shape index (κ3) is 1.46. The molecule has 0 aromatic carbocycles. The molecule has 1 fully saturated rings. The van der Waals surface area contributed by atoms with E-state index in [0.29, 0.717) is 6.61 Å². The standard InChI is InChI=1S/C6H12N2O2/c1-2-10-5-3-4(5)6(9)8-7/h4-5H,2-3,7H2,1H3,(H,8,9)/t4-,5+/m0/s1. The lowest BCUT2D eigenvalue weighted by Crippen LogP contribution is -2.32. The van der Waals surface area contributed by atoms with Gasteiger partial charge in [0.25, 0.3) is 0 Å². The van der Waals surface area contributed by atoms with Crippen LogP contribution in [-0.4, -0.2) is 18.6 Å². The lowest BCUT2D eigenvalue weighted by molar-refractivity contribution is -0.123. The highest BCUT2D eigenvalue weighted by Crippen LogP contribution is 2.33. The molecule has 58 valence electrons. The zero-order chi connectivity index (χ0) is 7.56. The molecule has 0 aliphatic heterocycles. The zero-order valence-electron chi connectivity index (χ0n) is 5.96. The van der Waals surface area contributed by atoms with E-state index in [0.717, 1.165) is 6.42 Å². The van der Waals surface area contributed by atoms with Crippen molar-refractivity contribution in [3.8, 4) is 0 Å². The molecule has 1 aliphatic rings. The van der Waals surface area contributed by atoms with E-state index in [2.05, 4.69) is 5.43 Å². The van der Waals surface area contributed by atoms with Crippen molar-refractivity contribution in [1.82, 2.24) is 5.43 Å². The first-order valence-electron chi connectivity index (χ1n) is 3.41. The van der Waals surface area contributed by atoms with E-state index in [1.807, 2.05) is 6.92 Å². The minimum atomic E-state index is -0.113. The van der Waals surface area contributed by atoms with Gasteiger partial charge in [-0.2, -0.15) is 0 Å². The van der Waals surface area contributed by atoms with Crippen LogP contribution < -0.4 is 11.3 Å². The van der Waals surface area contributed by atoms with Crippen molar-refractivity contribution in [3.63, 3.8) is 0 Å². The Morgan fingerprint density at radius 1 is 1.90 bits per heavy atom. The lowest BCUT2D eigenvalue weighted by atomic mass is 10.4. The van der Waals surface area contributed by atoms with Crippen LogP contribution >= 0.6 is 0 Å². The SMILES string of the molecule is CCO[C@@H]1C[C@@H]1C(=O)NN. The Morgan fingerprint density at radius 3 is 3.10 bits per heavy atom. The van der Waals surface area contributed by atoms with Crippen molar-refractivity contribution in [2.24, 2.45) is 11.8 Å². The highest BCUT2D eigenvalue weighted by molar-refractivity contribution is 5.81. The molecule has 2 atom stereocenters. The van der Waals surface area contributed by atoms with Gasteiger partial charge in [0.2, 0.25) is 5.91 Å². The van der Waals surface area contributed by atoms with Crippen LogP contribution in [0.25, 0.3) is 0 Å². The van der Waals surface area contributed by atoms with E-state index in [-0.39, 0.29) is 17.9 Å². The maximum Gasteiger partial charge on any atom is 0.239 e. The number of carbonyl (C=O) groups excluding carboxylic acids is 1. The maximum absolute atomic E-state index is 10.7. The number of nitrogens with one attached hydrogen (secondary N) is 1. The topological polar surface area (TPSA) is 64.3 Å². The third-order valence-electron chi connectivity index (χ3n) is 1.59. The summed E-state index contributed by atoms with van der Waals surface area (Å²) in [5.74, 6) is 4.81. The van der Waals surface area contributed by atoms with E-state index in [9.17, 15) is 4.79 Å². The second-order valence-electron chi connectivity index (χ2n) is 2.34. The summed E-state index contributed by atoms with van der Waals surface area (Å²) in [4.78, 5) is 10.7. The molecule has 10 heavy (non-hydrogen) atoms. The Kier molecular flexibility index (Phi) is 2.24. The Morgan fingerprint density at radius 2 is 2.60 bits per heavy atom. The van der Waals surface area contributed by atoms with Crippen molar-refractivity contribution >= 4 is 5.91 Å². The van der Waals surface area contributed by atoms with Gasteiger partial charge in [-0.15, -0.1) is 0 Å². The predicted molar refractivity (Wildman–Crippen MR) is 35.9 cm³/mol. The largest absolute Gasteiger partial charge is 0.378 e. The van der Waals surface area contributed by atoms with Crippen molar-refractivity contribution in [2.75, 3.05) is 6.61 Å². The molecule has 1 aliphatic carbocycles. The Balaban J connectivity index is 2.18. The fourth-order valence-corrected chi connectivity index (χ4v) is 0.953. The molecule has 0 spiro atoms. The first-order valence-corrected chi connectivity index (χ1v) is 3.41. The second-order valence-corrected chi connectivity index (χ2v) is 2.34. The highest BCUT2D eigenvalue weighted by atomic mass is 16.5. The first kappa shape index (κ1) is 7.50. The predicted octanol–water partition coefficient (Wildman–Crippen LogP) is -0.599. The maximum atomic E-state index is 10.7. The van der Waals surface area contributed by atoms with Crippen LogP contribution in [0.3, 0.4) is 0 Å². The average molecular weight is 144 g/mol. The van der Waals surface area contributed by atoms with E-state index in [1.165, 1.54) is 0 Å². The summed E-state index contributed by atoms with van der Waals surface area (Å²) in [6.07, 6.45) is 0.935. The number of nitrogens with two attached hydrogens (primary N) is 1. The summed E-state index contributed by atoms with van der Waals surface area (Å²) in [6, 6.07) is 0. The van der Waals surface area contributed by atoms with Crippen LogP contribution in [0.1, 0.15) is 13.3 Å². The molecule has 0 heterocycles. The summed E-state index contributed by atoms with van der Waals surface area (Å²) in [5.41, 5.74) is 2.10. The molecule has 1 saturated carbocycles. The molecular weight excluding hydrogens is 132 g/mol. The minimum Gasteiger partial charge on any atom is -0.378 e. The normalized spacial score (nSPS) is 29.8. The van der Waals surface area contributed by atoms with Crippen molar-refractivity contribution in [2.45, 2.75) is 19.4 Å². The quantitative estimate of drug-likeness (QED) is 0.316. The molecule has 0 saturated heterocycles. The number of ether oxygens (including phenoxy) is 1. The molecule has 1 amide bonds. The molecule has 4 heteroatoms. The summed E-state index contributed by atoms with van der Waals surface area (Å²) >= 11 is 0. The van der Waals surface area contributed by atoms with Crippen molar-refractivity contribution in [3.05, 3.63) is 0 Å². The van der Waals surface area contributed by atoms with Crippen LogP contribution in [0.4, 0.5) is 0 Å². The summed E-state index contributed by atoms with van der Waals surface area (Å²) in [5, 5.41) is 0. The average Bonchev–Trinajstić information content (AvgIpc) is 2.67. The highest BCUT2D eigenvalue weighted by Gasteiger charge is 2.43. The van der Waals surface area contributed by atoms with Gasteiger partial charge in [-0.05, 0) is 13.3 Å². The zero-order valence-corrected chi connectivity index (χ0v) is 5.96. The molecule has 0 bridgehead atoms. The van der Waals surface area contributed by atoms with E-state index < -0.39 is 0 Å². The molecule has 3 N–H and O–H groups in total. The van der Waals surface area contributed by atoms with Gasteiger partial charge in [0.05, 0.1) is 12.0 Å². The molecule has 1 rings (SSSR count). The molecule has 4 nitrogen and oxygen atoms in total. The summed E-state index contributed by atoms with van der Waals surface area (Å²) in [7, 11) is 0. The van der Waals surface area contributed by atoms with Gasteiger partial charge in [-0.1, -0.05) is 0 Å². The molecular formula is C6H12N2O2. The van der Waals surface area contributed by atoms with Crippen LogP contribution in [0.15, 0.2) is 0 Å². The fraction of sp³-hybridized carbons (Fsp3) is 0.833. The smallest absolute Gasteiger partial charge is 0.239 e. The molecule has 0 aromatic rings.